The fourth-order valence-electron chi connectivity index (χ4n) is 3.99. The molecule has 0 unspecified atom stereocenters. The molecule has 3 heterocycles. The second-order valence-corrected chi connectivity index (χ2v) is 7.17. The highest BCUT2D eigenvalue weighted by Crippen LogP contribution is 2.30. The summed E-state index contributed by atoms with van der Waals surface area (Å²) in [6.07, 6.45) is 5.23. The molecule has 5 heteroatoms. The summed E-state index contributed by atoms with van der Waals surface area (Å²) < 4.78 is 5.92. The number of hydrogen-bond acceptors (Lipinski definition) is 3. The molecule has 4 rings (SSSR count). The molecule has 0 aliphatic carbocycles. The van der Waals surface area contributed by atoms with Gasteiger partial charge in [0.2, 0.25) is 5.91 Å². The van der Waals surface area contributed by atoms with Gasteiger partial charge in [-0.3, -0.25) is 4.79 Å². The van der Waals surface area contributed by atoms with Crippen LogP contribution in [0.4, 0.5) is 0 Å². The van der Waals surface area contributed by atoms with E-state index in [1.165, 1.54) is 16.5 Å². The van der Waals surface area contributed by atoms with E-state index in [-0.39, 0.29) is 18.1 Å². The number of likely N-dealkylation sites (N-methyl/N-ethyl adjacent to an activating group) is 1. The Bertz CT molecular complexity index is 731. The number of amides is 1. The van der Waals surface area contributed by atoms with E-state index in [9.17, 15) is 4.79 Å². The van der Waals surface area contributed by atoms with Gasteiger partial charge in [-0.25, -0.2) is 0 Å². The quantitative estimate of drug-likeness (QED) is 0.938. The van der Waals surface area contributed by atoms with Crippen LogP contribution in [0.2, 0.25) is 0 Å². The molecule has 2 aliphatic rings. The smallest absolute Gasteiger partial charge is 0.248 e. The lowest BCUT2D eigenvalue weighted by molar-refractivity contribution is -0.168. The van der Waals surface area contributed by atoms with Gasteiger partial charge < -0.3 is 19.5 Å². The monoisotopic (exact) mass is 327 g/mol. The highest BCUT2D eigenvalue weighted by Gasteiger charge is 2.40. The van der Waals surface area contributed by atoms with E-state index < -0.39 is 0 Å². The van der Waals surface area contributed by atoms with Crippen LogP contribution in [0.3, 0.4) is 0 Å². The number of likely N-dealkylation sites (tertiary alicyclic amines) is 1. The van der Waals surface area contributed by atoms with Gasteiger partial charge >= 0.3 is 0 Å². The predicted octanol–water partition coefficient (Wildman–Crippen LogP) is 2.03. The van der Waals surface area contributed by atoms with Crippen molar-refractivity contribution in [2.75, 3.05) is 39.8 Å². The zero-order valence-corrected chi connectivity index (χ0v) is 14.3. The SMILES string of the molecule is CN1CC2(CCN(CCc3c[nH]c4ccccc34)CC2)OCC1=O. The number of ether oxygens (including phenoxy) is 1. The molecular formula is C19H25N3O2. The molecule has 0 atom stereocenters. The number of hydrogen-bond donors (Lipinski definition) is 1. The van der Waals surface area contributed by atoms with Crippen LogP contribution in [0.5, 0.6) is 0 Å². The number of carbonyl (C=O) groups is 1. The van der Waals surface area contributed by atoms with Crippen LogP contribution in [-0.4, -0.2) is 66.1 Å². The first-order chi connectivity index (χ1) is 11.7. The van der Waals surface area contributed by atoms with Crippen LogP contribution in [0, 0.1) is 0 Å². The Balaban J connectivity index is 1.33. The van der Waals surface area contributed by atoms with Gasteiger partial charge in [-0.1, -0.05) is 18.2 Å². The molecular weight excluding hydrogens is 302 g/mol. The summed E-state index contributed by atoms with van der Waals surface area (Å²) in [5.41, 5.74) is 2.50. The van der Waals surface area contributed by atoms with Crippen LogP contribution in [0.15, 0.2) is 30.5 Å². The number of fused-ring (bicyclic) bond motifs is 1. The highest BCUT2D eigenvalue weighted by atomic mass is 16.5. The number of morpholine rings is 1. The number of aromatic nitrogens is 1. The third kappa shape index (κ3) is 2.94. The average molecular weight is 327 g/mol. The molecule has 2 saturated heterocycles. The number of para-hydroxylation sites is 1. The van der Waals surface area contributed by atoms with E-state index in [0.29, 0.717) is 0 Å². The average Bonchev–Trinajstić information content (AvgIpc) is 3.02. The summed E-state index contributed by atoms with van der Waals surface area (Å²) in [5, 5.41) is 1.33. The fraction of sp³-hybridized carbons (Fsp3) is 0.526. The van der Waals surface area contributed by atoms with Crippen molar-refractivity contribution in [2.45, 2.75) is 24.9 Å². The molecule has 0 saturated carbocycles. The van der Waals surface area contributed by atoms with E-state index in [4.69, 9.17) is 4.74 Å². The Labute approximate surface area is 142 Å². The first kappa shape index (κ1) is 15.7. The number of nitrogens with one attached hydrogen (secondary N) is 1. The Morgan fingerprint density at radius 2 is 2.04 bits per heavy atom. The number of H-pyrrole nitrogens is 1. The summed E-state index contributed by atoms with van der Waals surface area (Å²) in [6, 6.07) is 8.48. The molecule has 0 bridgehead atoms. The van der Waals surface area contributed by atoms with Crippen molar-refractivity contribution >= 4 is 16.8 Å². The summed E-state index contributed by atoms with van der Waals surface area (Å²) in [4.78, 5) is 19.3. The van der Waals surface area contributed by atoms with Crippen molar-refractivity contribution in [1.82, 2.24) is 14.8 Å². The summed E-state index contributed by atoms with van der Waals surface area (Å²) in [6.45, 7) is 4.15. The maximum absolute atomic E-state index is 11.6. The van der Waals surface area contributed by atoms with Crippen LogP contribution in [0.25, 0.3) is 10.9 Å². The largest absolute Gasteiger partial charge is 0.363 e. The lowest BCUT2D eigenvalue weighted by Gasteiger charge is -2.46. The Morgan fingerprint density at radius 1 is 1.25 bits per heavy atom. The molecule has 2 fully saturated rings. The lowest BCUT2D eigenvalue weighted by atomic mass is 9.89. The zero-order valence-electron chi connectivity index (χ0n) is 14.3. The van der Waals surface area contributed by atoms with Crippen molar-refractivity contribution in [1.29, 1.82) is 0 Å². The third-order valence-electron chi connectivity index (χ3n) is 5.59. The van der Waals surface area contributed by atoms with Gasteiger partial charge in [0.1, 0.15) is 6.61 Å². The zero-order chi connectivity index (χ0) is 16.6. The summed E-state index contributed by atoms with van der Waals surface area (Å²) in [5.74, 6) is 0.0994. The molecule has 1 aromatic carbocycles. The number of rotatable bonds is 3. The van der Waals surface area contributed by atoms with Crippen molar-refractivity contribution < 1.29 is 9.53 Å². The first-order valence-electron chi connectivity index (χ1n) is 8.81. The van der Waals surface area contributed by atoms with E-state index in [2.05, 4.69) is 40.3 Å². The molecule has 0 radical (unpaired) electrons. The minimum atomic E-state index is -0.111. The van der Waals surface area contributed by atoms with Crippen LogP contribution in [0.1, 0.15) is 18.4 Å². The number of benzene rings is 1. The second kappa shape index (κ2) is 6.22. The standard InChI is InChI=1S/C19H25N3O2/c1-21-14-19(24-13-18(21)23)7-10-22(11-8-19)9-6-15-12-20-17-5-3-2-4-16(15)17/h2-5,12,20H,6-11,13-14H2,1H3. The van der Waals surface area contributed by atoms with Gasteiger partial charge in [0.05, 0.1) is 5.60 Å². The third-order valence-corrected chi connectivity index (χ3v) is 5.59. The first-order valence-corrected chi connectivity index (χ1v) is 8.81. The van der Waals surface area contributed by atoms with Gasteiger partial charge in [0, 0.05) is 50.3 Å². The number of nitrogens with zero attached hydrogens (tertiary/aromatic N) is 2. The van der Waals surface area contributed by atoms with Crippen molar-refractivity contribution in [2.24, 2.45) is 0 Å². The maximum atomic E-state index is 11.6. The normalized spacial score (nSPS) is 21.7. The lowest BCUT2D eigenvalue weighted by Crippen LogP contribution is -2.57. The van der Waals surface area contributed by atoms with Crippen molar-refractivity contribution in [3.63, 3.8) is 0 Å². The molecule has 1 spiro atoms. The van der Waals surface area contributed by atoms with Gasteiger partial charge in [-0.2, -0.15) is 0 Å². The molecule has 1 N–H and O–H groups in total. The topological polar surface area (TPSA) is 48.6 Å². The Morgan fingerprint density at radius 3 is 2.83 bits per heavy atom. The van der Waals surface area contributed by atoms with Crippen molar-refractivity contribution in [3.8, 4) is 0 Å². The van der Waals surface area contributed by atoms with Gasteiger partial charge in [-0.05, 0) is 30.9 Å². The molecule has 5 nitrogen and oxygen atoms in total. The molecule has 1 aromatic heterocycles. The highest BCUT2D eigenvalue weighted by molar-refractivity contribution is 5.83. The van der Waals surface area contributed by atoms with E-state index in [1.54, 1.807) is 0 Å². The van der Waals surface area contributed by atoms with E-state index in [1.807, 2.05) is 11.9 Å². The Hall–Kier alpha value is -1.85. The van der Waals surface area contributed by atoms with Gasteiger partial charge in [0.15, 0.2) is 0 Å². The Kier molecular flexibility index (Phi) is 4.06. The molecule has 128 valence electrons. The minimum Gasteiger partial charge on any atom is -0.363 e. The second-order valence-electron chi connectivity index (χ2n) is 7.17. The number of aromatic amines is 1. The van der Waals surface area contributed by atoms with Crippen LogP contribution >= 0.6 is 0 Å². The minimum absolute atomic E-state index is 0.0994. The summed E-state index contributed by atoms with van der Waals surface area (Å²) in [7, 11) is 1.88. The molecule has 24 heavy (non-hydrogen) atoms. The van der Waals surface area contributed by atoms with E-state index >= 15 is 0 Å². The number of carbonyl (C=O) groups excluding carboxylic acids is 1. The van der Waals surface area contributed by atoms with Crippen molar-refractivity contribution in [3.05, 3.63) is 36.0 Å². The maximum Gasteiger partial charge on any atom is 0.248 e. The predicted molar refractivity (Wildman–Crippen MR) is 94.0 cm³/mol. The fourth-order valence-corrected chi connectivity index (χ4v) is 3.99. The van der Waals surface area contributed by atoms with Gasteiger partial charge in [0.25, 0.3) is 0 Å². The van der Waals surface area contributed by atoms with Crippen LogP contribution in [-0.2, 0) is 16.0 Å². The molecule has 2 aromatic rings. The summed E-state index contributed by atoms with van der Waals surface area (Å²) >= 11 is 0. The number of piperidine rings is 1. The molecule has 1 amide bonds. The van der Waals surface area contributed by atoms with E-state index in [0.717, 1.165) is 45.4 Å². The molecule has 2 aliphatic heterocycles. The van der Waals surface area contributed by atoms with Crippen LogP contribution < -0.4 is 0 Å². The van der Waals surface area contributed by atoms with Gasteiger partial charge in [-0.15, -0.1) is 0 Å².